The molecule has 7 nitrogen and oxygen atoms in total. The number of hydrogen-bond acceptors (Lipinski definition) is 5. The Bertz CT molecular complexity index is 915. The summed E-state index contributed by atoms with van der Waals surface area (Å²) in [5.74, 6) is 0.217. The summed E-state index contributed by atoms with van der Waals surface area (Å²) in [5.41, 5.74) is 2.15. The van der Waals surface area contributed by atoms with Gasteiger partial charge in [-0.25, -0.2) is 13.8 Å². The number of alkyl halides is 2. The Hall–Kier alpha value is -2.73. The lowest BCUT2D eigenvalue weighted by atomic mass is 9.84. The first-order chi connectivity index (χ1) is 14.1. The Balaban J connectivity index is 1.54. The molecule has 2 aromatic heterocycles. The van der Waals surface area contributed by atoms with Gasteiger partial charge < -0.3 is 20.1 Å². The van der Waals surface area contributed by atoms with Gasteiger partial charge in [0.15, 0.2) is 0 Å². The van der Waals surface area contributed by atoms with Gasteiger partial charge in [0.2, 0.25) is 0 Å². The van der Waals surface area contributed by atoms with Crippen molar-refractivity contribution in [2.24, 2.45) is 5.92 Å². The monoisotopic (exact) mass is 402 g/mol. The molecule has 0 atom stereocenters. The fraction of sp³-hybridized carbons (Fsp3) is 0.550. The third kappa shape index (κ3) is 3.90. The van der Waals surface area contributed by atoms with Gasteiger partial charge in [0.1, 0.15) is 12.2 Å². The van der Waals surface area contributed by atoms with E-state index in [0.29, 0.717) is 24.7 Å². The van der Waals surface area contributed by atoms with Gasteiger partial charge in [0.25, 0.3) is 12.3 Å². The van der Waals surface area contributed by atoms with Crippen LogP contribution >= 0.6 is 0 Å². The molecule has 2 N–H and O–H groups in total. The predicted octanol–water partition coefficient (Wildman–Crippen LogP) is 2.72. The molecule has 0 aromatic carbocycles. The number of amides is 1. The third-order valence-electron chi connectivity index (χ3n) is 5.94. The number of rotatable bonds is 6. The molecule has 29 heavy (non-hydrogen) atoms. The molecule has 1 fully saturated rings. The number of carbonyl (C=O) groups excluding carboxylic acids is 1. The van der Waals surface area contributed by atoms with E-state index in [1.807, 2.05) is 12.3 Å². The molecule has 0 saturated heterocycles. The highest BCUT2D eigenvalue weighted by molar-refractivity contribution is 6.08. The van der Waals surface area contributed by atoms with Crippen LogP contribution < -0.4 is 10.2 Å². The number of anilines is 1. The topological polar surface area (TPSA) is 88.1 Å². The van der Waals surface area contributed by atoms with Crippen molar-refractivity contribution in [2.45, 2.75) is 38.2 Å². The number of carbonyl (C=O) groups is 1. The van der Waals surface area contributed by atoms with Crippen molar-refractivity contribution in [2.75, 3.05) is 31.2 Å². The first kappa shape index (κ1) is 19.6. The minimum absolute atomic E-state index is 0.0346. The van der Waals surface area contributed by atoms with Gasteiger partial charge >= 0.3 is 0 Å². The molecule has 0 radical (unpaired) electrons. The third-order valence-corrected chi connectivity index (χ3v) is 5.94. The minimum Gasteiger partial charge on any atom is -0.349 e. The number of nitrogens with one attached hydrogen (secondary N) is 2. The standard InChI is InChI=1S/C20H24F2N6O/c21-17(22)11-24-9-13-1-3-14(4-2-13)28-12-27(8-6-23)20(29)16-10-26-19-15(18(16)28)5-7-25-19/h5,7,10,13-14,17,24H,1-4,8-9,11-12H2,(H,25,26). The maximum atomic E-state index is 12.9. The van der Waals surface area contributed by atoms with Crippen molar-refractivity contribution in [3.05, 3.63) is 24.0 Å². The molecule has 4 rings (SSSR count). The van der Waals surface area contributed by atoms with E-state index in [2.05, 4.69) is 26.3 Å². The highest BCUT2D eigenvalue weighted by Crippen LogP contribution is 2.38. The molecule has 2 aromatic rings. The van der Waals surface area contributed by atoms with Crippen LogP contribution in [-0.4, -0.2) is 59.5 Å². The van der Waals surface area contributed by atoms with E-state index in [1.165, 1.54) is 0 Å². The van der Waals surface area contributed by atoms with E-state index in [1.54, 1.807) is 11.1 Å². The van der Waals surface area contributed by atoms with Crippen LogP contribution in [0.4, 0.5) is 14.5 Å². The average molecular weight is 402 g/mol. The molecule has 9 heteroatoms. The zero-order valence-corrected chi connectivity index (χ0v) is 16.1. The molecule has 0 bridgehead atoms. The fourth-order valence-corrected chi connectivity index (χ4v) is 4.51. The zero-order chi connectivity index (χ0) is 20.4. The Morgan fingerprint density at radius 2 is 2.14 bits per heavy atom. The first-order valence-corrected chi connectivity index (χ1v) is 9.96. The van der Waals surface area contributed by atoms with Crippen LogP contribution in [0.2, 0.25) is 0 Å². The molecule has 1 amide bonds. The first-order valence-electron chi connectivity index (χ1n) is 9.96. The fourth-order valence-electron chi connectivity index (χ4n) is 4.51. The molecule has 154 valence electrons. The van der Waals surface area contributed by atoms with Crippen LogP contribution in [0.15, 0.2) is 18.5 Å². The summed E-state index contributed by atoms with van der Waals surface area (Å²) in [6.07, 6.45) is 4.81. The Morgan fingerprint density at radius 3 is 2.86 bits per heavy atom. The van der Waals surface area contributed by atoms with E-state index in [9.17, 15) is 13.6 Å². The second-order valence-electron chi connectivity index (χ2n) is 7.76. The summed E-state index contributed by atoms with van der Waals surface area (Å²) in [6.45, 7) is 0.761. The second-order valence-corrected chi connectivity index (χ2v) is 7.76. The quantitative estimate of drug-likeness (QED) is 0.726. The van der Waals surface area contributed by atoms with Crippen LogP contribution in [0.1, 0.15) is 36.0 Å². The Morgan fingerprint density at radius 1 is 1.34 bits per heavy atom. The summed E-state index contributed by atoms with van der Waals surface area (Å²) in [4.78, 5) is 24.1. The van der Waals surface area contributed by atoms with Gasteiger partial charge in [-0.3, -0.25) is 4.79 Å². The van der Waals surface area contributed by atoms with E-state index < -0.39 is 6.43 Å². The van der Waals surface area contributed by atoms with E-state index in [4.69, 9.17) is 5.26 Å². The molecular weight excluding hydrogens is 378 g/mol. The van der Waals surface area contributed by atoms with Gasteiger partial charge in [-0.05, 0) is 44.2 Å². The number of H-pyrrole nitrogens is 1. The van der Waals surface area contributed by atoms with E-state index in [-0.39, 0.29) is 25.0 Å². The molecule has 0 unspecified atom stereocenters. The summed E-state index contributed by atoms with van der Waals surface area (Å²) in [5, 5.41) is 12.9. The van der Waals surface area contributed by atoms with Crippen LogP contribution in [0.3, 0.4) is 0 Å². The number of hydrogen-bond donors (Lipinski definition) is 2. The largest absolute Gasteiger partial charge is 0.349 e. The lowest BCUT2D eigenvalue weighted by Crippen LogP contribution is -2.52. The molecule has 1 aliphatic carbocycles. The van der Waals surface area contributed by atoms with Gasteiger partial charge in [0, 0.05) is 23.8 Å². The Labute approximate surface area is 167 Å². The molecule has 1 aliphatic heterocycles. The molecule has 3 heterocycles. The van der Waals surface area contributed by atoms with Gasteiger partial charge in [-0.1, -0.05) is 0 Å². The van der Waals surface area contributed by atoms with Crippen molar-refractivity contribution in [1.82, 2.24) is 20.2 Å². The van der Waals surface area contributed by atoms with Crippen LogP contribution in [0.25, 0.3) is 11.0 Å². The van der Waals surface area contributed by atoms with Crippen LogP contribution in [0.5, 0.6) is 0 Å². The highest BCUT2D eigenvalue weighted by atomic mass is 19.3. The second kappa shape index (κ2) is 8.33. The lowest BCUT2D eigenvalue weighted by Gasteiger charge is -2.44. The number of fused-ring (bicyclic) bond motifs is 3. The van der Waals surface area contributed by atoms with Crippen LogP contribution in [-0.2, 0) is 0 Å². The molecule has 1 saturated carbocycles. The predicted molar refractivity (Wildman–Crippen MR) is 105 cm³/mol. The van der Waals surface area contributed by atoms with E-state index >= 15 is 0 Å². The number of halogens is 2. The summed E-state index contributed by atoms with van der Waals surface area (Å²) < 4.78 is 24.7. The summed E-state index contributed by atoms with van der Waals surface area (Å²) in [6, 6.07) is 4.24. The summed E-state index contributed by atoms with van der Waals surface area (Å²) in [7, 11) is 0. The highest BCUT2D eigenvalue weighted by Gasteiger charge is 2.36. The maximum Gasteiger partial charge on any atom is 0.259 e. The number of nitrogens with zero attached hydrogens (tertiary/aromatic N) is 4. The Kier molecular flexibility index (Phi) is 5.62. The van der Waals surface area contributed by atoms with Gasteiger partial charge in [-0.2, -0.15) is 5.26 Å². The smallest absolute Gasteiger partial charge is 0.259 e. The minimum atomic E-state index is -2.32. The number of aromatic amines is 1. The van der Waals surface area contributed by atoms with Crippen molar-refractivity contribution < 1.29 is 13.6 Å². The molecule has 0 spiro atoms. The molecular formula is C20H24F2N6O. The molecule has 2 aliphatic rings. The average Bonchev–Trinajstić information content (AvgIpc) is 3.19. The maximum absolute atomic E-state index is 12.9. The van der Waals surface area contributed by atoms with Crippen LogP contribution in [0, 0.1) is 17.2 Å². The van der Waals surface area contributed by atoms with Crippen molar-refractivity contribution >= 4 is 22.6 Å². The normalized spacial score (nSPS) is 22.2. The lowest BCUT2D eigenvalue weighted by molar-refractivity contribution is 0.0753. The number of nitriles is 1. The number of aromatic nitrogens is 2. The zero-order valence-electron chi connectivity index (χ0n) is 16.1. The summed E-state index contributed by atoms with van der Waals surface area (Å²) >= 11 is 0. The SMILES string of the molecule is N#CCN1CN(C2CCC(CNCC(F)F)CC2)c2c(cnc3[nH]ccc23)C1=O. The van der Waals surface area contributed by atoms with E-state index in [0.717, 1.165) is 42.4 Å². The van der Waals surface area contributed by atoms with Gasteiger partial charge in [0.05, 0.1) is 30.5 Å². The van der Waals surface area contributed by atoms with Gasteiger partial charge in [-0.15, -0.1) is 0 Å². The van der Waals surface area contributed by atoms with Crippen molar-refractivity contribution in [3.63, 3.8) is 0 Å². The number of pyridine rings is 1. The van der Waals surface area contributed by atoms with Crippen molar-refractivity contribution in [1.29, 1.82) is 5.26 Å². The van der Waals surface area contributed by atoms with Crippen molar-refractivity contribution in [3.8, 4) is 6.07 Å².